The molecule has 3 rings (SSSR count). The Bertz CT molecular complexity index is 941. The van der Waals surface area contributed by atoms with Crippen LogP contribution in [-0.4, -0.2) is 12.1 Å². The lowest BCUT2D eigenvalue weighted by molar-refractivity contribution is 0.0955. The summed E-state index contributed by atoms with van der Waals surface area (Å²) >= 11 is 9.45. The number of hydrogen-bond donors (Lipinski definition) is 1. The van der Waals surface area contributed by atoms with Gasteiger partial charge >= 0.3 is 0 Å². The third-order valence-corrected chi connectivity index (χ3v) is 4.62. The van der Waals surface area contributed by atoms with Crippen LogP contribution in [0.15, 0.2) is 82.4 Å². The van der Waals surface area contributed by atoms with E-state index in [4.69, 9.17) is 16.3 Å². The fraction of sp³-hybridized carbons (Fsp3) is 0.0476. The maximum absolute atomic E-state index is 12.0. The zero-order valence-electron chi connectivity index (χ0n) is 14.2. The highest BCUT2D eigenvalue weighted by Gasteiger charge is 2.03. The van der Waals surface area contributed by atoms with Crippen molar-refractivity contribution in [2.75, 3.05) is 0 Å². The second-order valence-electron chi connectivity index (χ2n) is 5.66. The van der Waals surface area contributed by atoms with E-state index in [1.54, 1.807) is 30.5 Å². The standard InChI is InChI=1S/C21H16BrClN2O2/c22-18-9-7-16(8-10-18)21(26)25-24-13-15-5-11-19(12-6-15)27-14-17-3-1-2-4-20(17)23/h1-13H,14H2,(H,25,26)/b24-13-. The average Bonchev–Trinajstić information content (AvgIpc) is 2.69. The molecule has 0 saturated heterocycles. The highest BCUT2D eigenvalue weighted by atomic mass is 79.9. The van der Waals surface area contributed by atoms with Crippen LogP contribution in [0.1, 0.15) is 21.5 Å². The van der Waals surface area contributed by atoms with Gasteiger partial charge in [0.15, 0.2) is 0 Å². The Labute approximate surface area is 171 Å². The first-order valence-electron chi connectivity index (χ1n) is 8.17. The zero-order valence-corrected chi connectivity index (χ0v) is 16.6. The number of nitrogens with one attached hydrogen (secondary N) is 1. The highest BCUT2D eigenvalue weighted by Crippen LogP contribution is 2.18. The quantitative estimate of drug-likeness (QED) is 0.407. The largest absolute Gasteiger partial charge is 0.489 e. The van der Waals surface area contributed by atoms with Crippen molar-refractivity contribution < 1.29 is 9.53 Å². The fourth-order valence-electron chi connectivity index (χ4n) is 2.26. The normalized spacial score (nSPS) is 10.7. The minimum absolute atomic E-state index is 0.265. The minimum atomic E-state index is -0.265. The molecule has 1 N–H and O–H groups in total. The van der Waals surface area contributed by atoms with Gasteiger partial charge in [-0.05, 0) is 60.2 Å². The van der Waals surface area contributed by atoms with Crippen LogP contribution in [0.2, 0.25) is 5.02 Å². The smallest absolute Gasteiger partial charge is 0.271 e. The van der Waals surface area contributed by atoms with Crippen molar-refractivity contribution >= 4 is 39.7 Å². The lowest BCUT2D eigenvalue weighted by Gasteiger charge is -2.07. The summed E-state index contributed by atoms with van der Waals surface area (Å²) in [5, 5.41) is 4.66. The summed E-state index contributed by atoms with van der Waals surface area (Å²) in [4.78, 5) is 12.0. The Kier molecular flexibility index (Phi) is 6.63. The molecule has 0 saturated carbocycles. The van der Waals surface area contributed by atoms with Crippen LogP contribution in [-0.2, 0) is 6.61 Å². The molecule has 3 aromatic carbocycles. The van der Waals surface area contributed by atoms with Crippen molar-refractivity contribution in [3.63, 3.8) is 0 Å². The lowest BCUT2D eigenvalue weighted by Crippen LogP contribution is -2.17. The third kappa shape index (κ3) is 5.67. The number of rotatable bonds is 6. The molecule has 136 valence electrons. The Morgan fingerprint density at radius 3 is 2.44 bits per heavy atom. The number of hydrogen-bond acceptors (Lipinski definition) is 3. The molecule has 0 aliphatic rings. The van der Waals surface area contributed by atoms with E-state index in [-0.39, 0.29) is 5.91 Å². The summed E-state index contributed by atoms with van der Waals surface area (Å²) in [5.41, 5.74) is 4.82. The first kappa shape index (κ1) is 19.1. The minimum Gasteiger partial charge on any atom is -0.489 e. The molecule has 0 radical (unpaired) electrons. The van der Waals surface area contributed by atoms with Crippen LogP contribution < -0.4 is 10.2 Å². The number of carbonyl (C=O) groups is 1. The summed E-state index contributed by atoms with van der Waals surface area (Å²) in [7, 11) is 0. The Morgan fingerprint density at radius 1 is 1.04 bits per heavy atom. The van der Waals surface area contributed by atoms with E-state index in [1.807, 2.05) is 48.5 Å². The monoisotopic (exact) mass is 442 g/mol. The lowest BCUT2D eigenvalue weighted by atomic mass is 10.2. The third-order valence-electron chi connectivity index (χ3n) is 3.72. The van der Waals surface area contributed by atoms with Gasteiger partial charge < -0.3 is 4.74 Å². The molecule has 0 unspecified atom stereocenters. The fourth-order valence-corrected chi connectivity index (χ4v) is 2.71. The molecule has 0 fully saturated rings. The molecule has 0 bridgehead atoms. The summed E-state index contributed by atoms with van der Waals surface area (Å²) in [6.45, 7) is 0.399. The number of amides is 1. The van der Waals surface area contributed by atoms with Gasteiger partial charge in [-0.3, -0.25) is 4.79 Å². The van der Waals surface area contributed by atoms with Gasteiger partial charge in [0.2, 0.25) is 0 Å². The molecular formula is C21H16BrClN2O2. The molecule has 27 heavy (non-hydrogen) atoms. The van der Waals surface area contributed by atoms with E-state index in [0.29, 0.717) is 17.2 Å². The zero-order chi connectivity index (χ0) is 19.1. The predicted octanol–water partition coefficient (Wildman–Crippen LogP) is 5.45. The molecule has 6 heteroatoms. The van der Waals surface area contributed by atoms with Gasteiger partial charge in [0.1, 0.15) is 12.4 Å². The molecule has 0 aliphatic carbocycles. The first-order chi connectivity index (χ1) is 13.1. The molecule has 1 amide bonds. The molecule has 0 spiro atoms. The number of carbonyl (C=O) groups excluding carboxylic acids is 1. The topological polar surface area (TPSA) is 50.7 Å². The Balaban J connectivity index is 1.52. The van der Waals surface area contributed by atoms with Gasteiger partial charge in [0.25, 0.3) is 5.91 Å². The molecule has 3 aromatic rings. The van der Waals surface area contributed by atoms with E-state index in [2.05, 4.69) is 26.5 Å². The van der Waals surface area contributed by atoms with Crippen molar-refractivity contribution in [3.8, 4) is 5.75 Å². The number of nitrogens with zero attached hydrogens (tertiary/aromatic N) is 1. The number of hydrazone groups is 1. The maximum Gasteiger partial charge on any atom is 0.271 e. The summed E-state index contributed by atoms with van der Waals surface area (Å²) in [5.74, 6) is 0.462. The van der Waals surface area contributed by atoms with Crippen molar-refractivity contribution in [2.24, 2.45) is 5.10 Å². The van der Waals surface area contributed by atoms with E-state index in [9.17, 15) is 4.79 Å². The second kappa shape index (κ2) is 9.35. The van der Waals surface area contributed by atoms with Crippen LogP contribution >= 0.6 is 27.5 Å². The summed E-state index contributed by atoms with van der Waals surface area (Å²) < 4.78 is 6.65. The van der Waals surface area contributed by atoms with Crippen LogP contribution in [0.5, 0.6) is 5.75 Å². The molecular weight excluding hydrogens is 428 g/mol. The molecule has 0 aromatic heterocycles. The Hall–Kier alpha value is -2.63. The second-order valence-corrected chi connectivity index (χ2v) is 6.98. The van der Waals surface area contributed by atoms with Crippen LogP contribution in [0.3, 0.4) is 0 Å². The van der Waals surface area contributed by atoms with Gasteiger partial charge in [-0.2, -0.15) is 5.10 Å². The maximum atomic E-state index is 12.0. The van der Waals surface area contributed by atoms with Crippen LogP contribution in [0.4, 0.5) is 0 Å². The SMILES string of the molecule is O=C(N/N=C\c1ccc(OCc2ccccc2Cl)cc1)c1ccc(Br)cc1. The van der Waals surface area contributed by atoms with Gasteiger partial charge in [-0.15, -0.1) is 0 Å². The van der Waals surface area contributed by atoms with Crippen molar-refractivity contribution in [1.29, 1.82) is 0 Å². The van der Waals surface area contributed by atoms with E-state index >= 15 is 0 Å². The van der Waals surface area contributed by atoms with E-state index in [1.165, 1.54) is 0 Å². The van der Waals surface area contributed by atoms with Gasteiger partial charge in [0.05, 0.1) is 6.21 Å². The number of halogens is 2. The molecule has 0 atom stereocenters. The van der Waals surface area contributed by atoms with Gasteiger partial charge in [-0.25, -0.2) is 5.43 Å². The van der Waals surface area contributed by atoms with Crippen LogP contribution in [0, 0.1) is 0 Å². The van der Waals surface area contributed by atoms with Crippen molar-refractivity contribution in [1.82, 2.24) is 5.43 Å². The Morgan fingerprint density at radius 2 is 1.74 bits per heavy atom. The van der Waals surface area contributed by atoms with Crippen molar-refractivity contribution in [3.05, 3.63) is 99.0 Å². The summed E-state index contributed by atoms with van der Waals surface area (Å²) in [6, 6.07) is 22.0. The highest BCUT2D eigenvalue weighted by molar-refractivity contribution is 9.10. The van der Waals surface area contributed by atoms with Gasteiger partial charge in [-0.1, -0.05) is 45.7 Å². The summed E-state index contributed by atoms with van der Waals surface area (Å²) in [6.07, 6.45) is 1.58. The predicted molar refractivity (Wildman–Crippen MR) is 111 cm³/mol. The van der Waals surface area contributed by atoms with Gasteiger partial charge in [0, 0.05) is 20.6 Å². The van der Waals surface area contributed by atoms with Crippen LogP contribution in [0.25, 0.3) is 0 Å². The van der Waals surface area contributed by atoms with Crippen molar-refractivity contribution in [2.45, 2.75) is 6.61 Å². The molecule has 0 aliphatic heterocycles. The number of ether oxygens (including phenoxy) is 1. The first-order valence-corrected chi connectivity index (χ1v) is 9.34. The van der Waals surface area contributed by atoms with E-state index in [0.717, 1.165) is 21.3 Å². The average molecular weight is 444 g/mol. The molecule has 0 heterocycles. The number of benzene rings is 3. The van der Waals surface area contributed by atoms with E-state index < -0.39 is 0 Å². The molecule has 4 nitrogen and oxygen atoms in total.